The topological polar surface area (TPSA) is 55.1 Å². The summed E-state index contributed by atoms with van der Waals surface area (Å²) in [5.41, 5.74) is 1.38. The molecule has 0 aromatic heterocycles. The fraction of sp³-hybridized carbons (Fsp3) is 0.917. The second-order valence-electron chi connectivity index (χ2n) is 6.02. The van der Waals surface area contributed by atoms with Crippen LogP contribution < -0.4 is 11.3 Å². The number of hydrogen-bond acceptors (Lipinski definition) is 3. The molecule has 0 radical (unpaired) electrons. The van der Waals surface area contributed by atoms with Gasteiger partial charge in [0.05, 0.1) is 5.75 Å². The van der Waals surface area contributed by atoms with E-state index in [0.29, 0.717) is 0 Å². The number of alkyl halides is 17. The highest BCUT2D eigenvalue weighted by atomic mass is 32.2. The van der Waals surface area contributed by atoms with Crippen molar-refractivity contribution < 1.29 is 79.4 Å². The fourth-order valence-corrected chi connectivity index (χ4v) is 2.57. The van der Waals surface area contributed by atoms with Gasteiger partial charge in [0.1, 0.15) is 0 Å². The summed E-state index contributed by atoms with van der Waals surface area (Å²) in [7, 11) is 0. The lowest BCUT2D eigenvalue weighted by atomic mass is 9.88. The van der Waals surface area contributed by atoms with Crippen molar-refractivity contribution in [1.82, 2.24) is 5.43 Å². The van der Waals surface area contributed by atoms with Crippen LogP contribution in [0.4, 0.5) is 74.6 Å². The lowest BCUT2D eigenvalue weighted by Gasteiger charge is -2.42. The molecule has 0 heterocycles. The zero-order valence-electron chi connectivity index (χ0n) is 14.9. The summed E-state index contributed by atoms with van der Waals surface area (Å²) in [5.74, 6) is -55.4. The van der Waals surface area contributed by atoms with Crippen LogP contribution in [0.1, 0.15) is 6.42 Å². The van der Waals surface area contributed by atoms with Crippen LogP contribution in [-0.2, 0) is 4.79 Å². The van der Waals surface area contributed by atoms with Gasteiger partial charge in [0, 0.05) is 6.42 Å². The van der Waals surface area contributed by atoms with Crippen LogP contribution in [0.5, 0.6) is 0 Å². The molecule has 1 amide bonds. The molecule has 0 aromatic carbocycles. The summed E-state index contributed by atoms with van der Waals surface area (Å²) < 4.78 is 221. The molecule has 0 aromatic rings. The number of carbonyl (C=O) groups excluding carboxylic acids is 1. The highest BCUT2D eigenvalue weighted by Crippen LogP contribution is 2.64. The average molecular weight is 552 g/mol. The van der Waals surface area contributed by atoms with Crippen molar-refractivity contribution >= 4 is 17.7 Å². The van der Waals surface area contributed by atoms with Crippen LogP contribution in [0.15, 0.2) is 0 Å². The smallest absolute Gasteiger partial charge is 0.294 e. The number of hydrogen-bond donors (Lipinski definition) is 2. The van der Waals surface area contributed by atoms with E-state index in [1.54, 1.807) is 0 Å². The molecule has 0 aliphatic carbocycles. The van der Waals surface area contributed by atoms with E-state index in [4.69, 9.17) is 0 Å². The number of carbonyl (C=O) groups is 1. The Bertz CT molecular complexity index is 705. The molecule has 3 N–H and O–H groups in total. The fourth-order valence-electron chi connectivity index (χ4n) is 1.76. The third-order valence-electron chi connectivity index (χ3n) is 3.74. The van der Waals surface area contributed by atoms with Crippen molar-refractivity contribution in [3.05, 3.63) is 0 Å². The SMILES string of the molecule is NNC(=O)CSCCC(F)(F)C(F)(F)C(F)(F)C(F)(F)C(F)(F)C(F)(F)C(F)(F)C(F)(F)F. The van der Waals surface area contributed by atoms with Crippen molar-refractivity contribution in [3.8, 4) is 0 Å². The molecule has 0 aliphatic heterocycles. The normalized spacial score (nSPS) is 15.6. The van der Waals surface area contributed by atoms with Crippen molar-refractivity contribution in [2.24, 2.45) is 5.84 Å². The Morgan fingerprint density at radius 3 is 1.27 bits per heavy atom. The summed E-state index contributed by atoms with van der Waals surface area (Å²) in [5, 5.41) is 0. The Morgan fingerprint density at radius 2 is 0.939 bits per heavy atom. The highest BCUT2D eigenvalue weighted by Gasteiger charge is 2.95. The zero-order valence-corrected chi connectivity index (χ0v) is 15.8. The van der Waals surface area contributed by atoms with Crippen molar-refractivity contribution in [1.29, 1.82) is 0 Å². The molecule has 0 unspecified atom stereocenters. The molecule has 21 heteroatoms. The van der Waals surface area contributed by atoms with E-state index in [9.17, 15) is 79.4 Å². The Kier molecular flexibility index (Phi) is 8.60. The standard InChI is InChI=1S/C12H9F17N2OS/c13-5(14,1-2-33-3-4(32)31-30)6(15,16)7(17,18)8(19,20)9(21,22)10(23,24)11(25,26)12(27,28)29/h1-3,30H2,(H,31,32). The van der Waals surface area contributed by atoms with Gasteiger partial charge in [-0.1, -0.05) is 0 Å². The van der Waals surface area contributed by atoms with Gasteiger partial charge in [0.2, 0.25) is 5.91 Å². The Labute approximate surface area is 175 Å². The van der Waals surface area contributed by atoms with Gasteiger partial charge in [0.25, 0.3) is 0 Å². The molecule has 3 nitrogen and oxygen atoms in total. The predicted molar refractivity (Wildman–Crippen MR) is 75.0 cm³/mol. The van der Waals surface area contributed by atoms with E-state index < -0.39 is 71.5 Å². The Balaban J connectivity index is 6.24. The van der Waals surface area contributed by atoms with Crippen molar-refractivity contribution in [3.63, 3.8) is 0 Å². The van der Waals surface area contributed by atoms with E-state index in [-0.39, 0.29) is 11.8 Å². The molecule has 0 fully saturated rings. The molecule has 0 atom stereocenters. The maximum atomic E-state index is 13.5. The van der Waals surface area contributed by atoms with Gasteiger partial charge in [0.15, 0.2) is 0 Å². The number of nitrogens with one attached hydrogen (secondary N) is 1. The number of thioether (sulfide) groups is 1. The first-order chi connectivity index (χ1) is 14.2. The minimum Gasteiger partial charge on any atom is -0.294 e. The second-order valence-corrected chi connectivity index (χ2v) is 7.12. The summed E-state index contributed by atoms with van der Waals surface area (Å²) in [6.07, 6.45) is -10.4. The van der Waals surface area contributed by atoms with Crippen LogP contribution in [0.25, 0.3) is 0 Å². The second kappa shape index (κ2) is 8.99. The van der Waals surface area contributed by atoms with Gasteiger partial charge in [-0.05, 0) is 5.75 Å². The Morgan fingerprint density at radius 1 is 0.606 bits per heavy atom. The summed E-state index contributed by atoms with van der Waals surface area (Å²) >= 11 is -0.0672. The highest BCUT2D eigenvalue weighted by molar-refractivity contribution is 7.99. The van der Waals surface area contributed by atoms with Gasteiger partial charge in [-0.3, -0.25) is 10.2 Å². The molecular formula is C12H9F17N2OS. The lowest BCUT2D eigenvalue weighted by Crippen LogP contribution is -2.74. The molecule has 0 spiro atoms. The minimum absolute atomic E-state index is 0.0672. The van der Waals surface area contributed by atoms with Gasteiger partial charge in [-0.25, -0.2) is 5.84 Å². The average Bonchev–Trinajstić information content (AvgIpc) is 2.62. The third kappa shape index (κ3) is 4.88. The largest absolute Gasteiger partial charge is 0.460 e. The van der Waals surface area contributed by atoms with E-state index in [1.807, 2.05) is 0 Å². The molecular weight excluding hydrogens is 543 g/mol. The first-order valence-corrected chi connectivity index (χ1v) is 8.64. The lowest BCUT2D eigenvalue weighted by molar-refractivity contribution is -0.461. The predicted octanol–water partition coefficient (Wildman–Crippen LogP) is 5.11. The summed E-state index contributed by atoms with van der Waals surface area (Å²) in [4.78, 5) is 10.7. The molecule has 0 rings (SSSR count). The minimum atomic E-state index is -8.64. The van der Waals surface area contributed by atoms with Crippen LogP contribution in [0.2, 0.25) is 0 Å². The molecule has 33 heavy (non-hydrogen) atoms. The van der Waals surface area contributed by atoms with Crippen molar-refractivity contribution in [2.75, 3.05) is 11.5 Å². The Hall–Kier alpha value is -1.41. The van der Waals surface area contributed by atoms with E-state index in [1.165, 1.54) is 5.43 Å². The third-order valence-corrected chi connectivity index (χ3v) is 4.70. The molecule has 0 saturated heterocycles. The van der Waals surface area contributed by atoms with E-state index in [0.717, 1.165) is 0 Å². The maximum Gasteiger partial charge on any atom is 0.460 e. The van der Waals surface area contributed by atoms with Gasteiger partial charge in [-0.15, -0.1) is 0 Å². The molecule has 0 aliphatic rings. The van der Waals surface area contributed by atoms with Crippen LogP contribution in [0, 0.1) is 0 Å². The monoisotopic (exact) mass is 552 g/mol. The number of hydrazine groups is 1. The first-order valence-electron chi connectivity index (χ1n) is 7.49. The number of rotatable bonds is 11. The van der Waals surface area contributed by atoms with Gasteiger partial charge in [-0.2, -0.15) is 86.4 Å². The number of nitrogens with two attached hydrogens (primary N) is 1. The number of halogens is 17. The molecule has 198 valence electrons. The van der Waals surface area contributed by atoms with Crippen LogP contribution >= 0.6 is 11.8 Å². The summed E-state index contributed by atoms with van der Waals surface area (Å²) in [6.45, 7) is 0. The van der Waals surface area contributed by atoms with Crippen LogP contribution in [0.3, 0.4) is 0 Å². The quantitative estimate of drug-likeness (QED) is 0.123. The van der Waals surface area contributed by atoms with Crippen LogP contribution in [-0.4, -0.2) is 65.0 Å². The van der Waals surface area contributed by atoms with Crippen molar-refractivity contribution in [2.45, 2.75) is 54.1 Å². The summed E-state index contributed by atoms with van der Waals surface area (Å²) in [6, 6.07) is 0. The van der Waals surface area contributed by atoms with Gasteiger partial charge < -0.3 is 0 Å². The van der Waals surface area contributed by atoms with E-state index in [2.05, 4.69) is 5.84 Å². The van der Waals surface area contributed by atoms with E-state index >= 15 is 0 Å². The zero-order chi connectivity index (χ0) is 27.1. The molecule has 0 bridgehead atoms. The maximum absolute atomic E-state index is 13.5. The molecule has 0 saturated carbocycles. The van der Waals surface area contributed by atoms with Gasteiger partial charge >= 0.3 is 47.6 Å². The number of amides is 1. The first kappa shape index (κ1) is 31.6.